The molecule has 0 unspecified atom stereocenters. The van der Waals surface area contributed by atoms with Crippen LogP contribution in [0.5, 0.6) is 0 Å². The molecular formula is C12H16N4S2. The molecule has 2 heterocycles. The molecule has 0 atom stereocenters. The van der Waals surface area contributed by atoms with Crippen LogP contribution in [0.15, 0.2) is 17.2 Å². The minimum atomic E-state index is 0.818. The van der Waals surface area contributed by atoms with E-state index in [9.17, 15) is 0 Å². The van der Waals surface area contributed by atoms with Crippen LogP contribution in [-0.2, 0) is 5.75 Å². The van der Waals surface area contributed by atoms with Crippen molar-refractivity contribution in [2.45, 2.75) is 31.6 Å². The van der Waals surface area contributed by atoms with E-state index in [-0.39, 0.29) is 0 Å². The minimum Gasteiger partial charge on any atom is -0.360 e. The van der Waals surface area contributed by atoms with Crippen molar-refractivity contribution in [1.29, 1.82) is 0 Å². The first-order valence-corrected chi connectivity index (χ1v) is 7.62. The maximum atomic E-state index is 4.50. The zero-order chi connectivity index (χ0) is 13.0. The molecule has 0 aliphatic carbocycles. The molecule has 2 aromatic heterocycles. The van der Waals surface area contributed by atoms with Crippen LogP contribution < -0.4 is 5.32 Å². The van der Waals surface area contributed by atoms with E-state index in [2.05, 4.69) is 46.5 Å². The number of anilines is 1. The lowest BCUT2D eigenvalue weighted by atomic mass is 10.3. The smallest absolute Gasteiger partial charge is 0.205 e. The van der Waals surface area contributed by atoms with Crippen LogP contribution >= 0.6 is 23.1 Å². The van der Waals surface area contributed by atoms with Crippen LogP contribution in [0.3, 0.4) is 0 Å². The third kappa shape index (κ3) is 3.68. The van der Waals surface area contributed by atoms with Crippen molar-refractivity contribution in [3.8, 4) is 0 Å². The Morgan fingerprint density at radius 3 is 2.83 bits per heavy atom. The highest BCUT2D eigenvalue weighted by Crippen LogP contribution is 2.25. The van der Waals surface area contributed by atoms with Gasteiger partial charge in [-0.15, -0.1) is 10.2 Å². The average Bonchev–Trinajstić information content (AvgIpc) is 2.74. The molecule has 0 aliphatic heterocycles. The summed E-state index contributed by atoms with van der Waals surface area (Å²) in [5.74, 6) is 0.818. The van der Waals surface area contributed by atoms with Gasteiger partial charge in [0.25, 0.3) is 0 Å². The second-order valence-corrected chi connectivity index (χ2v) is 6.00. The first-order valence-electron chi connectivity index (χ1n) is 5.81. The monoisotopic (exact) mass is 280 g/mol. The van der Waals surface area contributed by atoms with Gasteiger partial charge in [-0.05, 0) is 38.5 Å². The zero-order valence-electron chi connectivity index (χ0n) is 10.7. The highest BCUT2D eigenvalue weighted by atomic mass is 32.2. The van der Waals surface area contributed by atoms with Crippen molar-refractivity contribution in [2.24, 2.45) is 0 Å². The van der Waals surface area contributed by atoms with Crippen LogP contribution in [0.4, 0.5) is 5.13 Å². The first kappa shape index (κ1) is 13.3. The predicted octanol–water partition coefficient (Wildman–Crippen LogP) is 3.27. The van der Waals surface area contributed by atoms with Gasteiger partial charge in [-0.2, -0.15) is 0 Å². The summed E-state index contributed by atoms with van der Waals surface area (Å²) in [6.45, 7) is 7.04. The van der Waals surface area contributed by atoms with E-state index in [1.165, 1.54) is 5.56 Å². The van der Waals surface area contributed by atoms with Crippen molar-refractivity contribution in [3.05, 3.63) is 28.4 Å². The standard InChI is InChI=1S/C12H16N4S2/c1-4-13-12-16-15-11(18-12)7-17-10-6-8(2)5-9(3)14-10/h5-6H,4,7H2,1-3H3,(H,13,16). The molecule has 96 valence electrons. The maximum absolute atomic E-state index is 4.50. The van der Waals surface area contributed by atoms with Crippen molar-refractivity contribution in [2.75, 3.05) is 11.9 Å². The van der Waals surface area contributed by atoms with E-state index in [1.807, 2.05) is 6.92 Å². The predicted molar refractivity (Wildman–Crippen MR) is 77.3 cm³/mol. The van der Waals surface area contributed by atoms with Gasteiger partial charge >= 0.3 is 0 Å². The third-order valence-electron chi connectivity index (χ3n) is 2.21. The molecule has 2 aromatic rings. The Bertz CT molecular complexity index is 504. The van der Waals surface area contributed by atoms with Crippen molar-refractivity contribution >= 4 is 28.2 Å². The molecule has 0 saturated carbocycles. The van der Waals surface area contributed by atoms with Crippen LogP contribution in [-0.4, -0.2) is 21.7 Å². The van der Waals surface area contributed by atoms with Gasteiger partial charge in [-0.3, -0.25) is 0 Å². The summed E-state index contributed by atoms with van der Waals surface area (Å²) in [5, 5.41) is 14.4. The van der Waals surface area contributed by atoms with Gasteiger partial charge in [0, 0.05) is 12.2 Å². The van der Waals surface area contributed by atoms with Gasteiger partial charge < -0.3 is 5.32 Å². The Morgan fingerprint density at radius 2 is 2.11 bits per heavy atom. The lowest BCUT2D eigenvalue weighted by Crippen LogP contribution is -1.94. The number of pyridine rings is 1. The number of aromatic nitrogens is 3. The molecule has 6 heteroatoms. The van der Waals surface area contributed by atoms with Crippen LogP contribution in [0.2, 0.25) is 0 Å². The number of nitrogens with one attached hydrogen (secondary N) is 1. The van der Waals surface area contributed by atoms with Gasteiger partial charge in [-0.1, -0.05) is 23.1 Å². The van der Waals surface area contributed by atoms with Crippen molar-refractivity contribution in [1.82, 2.24) is 15.2 Å². The van der Waals surface area contributed by atoms with E-state index < -0.39 is 0 Å². The lowest BCUT2D eigenvalue weighted by molar-refractivity contribution is 1.02. The summed E-state index contributed by atoms with van der Waals surface area (Å²) < 4.78 is 0. The molecular weight excluding hydrogens is 264 g/mol. The van der Waals surface area contributed by atoms with Gasteiger partial charge in [0.1, 0.15) is 5.01 Å². The maximum Gasteiger partial charge on any atom is 0.205 e. The summed E-state index contributed by atoms with van der Waals surface area (Å²) in [5.41, 5.74) is 2.30. The summed E-state index contributed by atoms with van der Waals surface area (Å²) >= 11 is 3.31. The molecule has 0 radical (unpaired) electrons. The second-order valence-electron chi connectivity index (χ2n) is 3.94. The highest BCUT2D eigenvalue weighted by molar-refractivity contribution is 7.98. The molecule has 18 heavy (non-hydrogen) atoms. The SMILES string of the molecule is CCNc1nnc(CSc2cc(C)cc(C)n2)s1. The Labute approximate surface area is 115 Å². The summed E-state index contributed by atoms with van der Waals surface area (Å²) in [6, 6.07) is 4.18. The van der Waals surface area contributed by atoms with E-state index in [4.69, 9.17) is 0 Å². The quantitative estimate of drug-likeness (QED) is 0.852. The summed E-state index contributed by atoms with van der Waals surface area (Å²) in [7, 11) is 0. The van der Waals surface area contributed by atoms with E-state index in [1.54, 1.807) is 23.1 Å². The molecule has 0 fully saturated rings. The largest absolute Gasteiger partial charge is 0.360 e. The van der Waals surface area contributed by atoms with Crippen LogP contribution in [0.1, 0.15) is 23.2 Å². The number of hydrogen-bond acceptors (Lipinski definition) is 6. The summed E-state index contributed by atoms with van der Waals surface area (Å²) in [6.07, 6.45) is 0. The topological polar surface area (TPSA) is 50.7 Å². The number of aryl methyl sites for hydroxylation is 2. The Balaban J connectivity index is 1.97. The van der Waals surface area contributed by atoms with Gasteiger partial charge in [0.2, 0.25) is 5.13 Å². The molecule has 0 aromatic carbocycles. The van der Waals surface area contributed by atoms with E-state index in [0.29, 0.717) is 0 Å². The number of thioether (sulfide) groups is 1. The molecule has 0 spiro atoms. The lowest BCUT2D eigenvalue weighted by Gasteiger charge is -2.01. The van der Waals surface area contributed by atoms with Gasteiger partial charge in [0.15, 0.2) is 0 Å². The van der Waals surface area contributed by atoms with Crippen LogP contribution in [0.25, 0.3) is 0 Å². The molecule has 0 bridgehead atoms. The number of rotatable bonds is 5. The molecule has 1 N–H and O–H groups in total. The van der Waals surface area contributed by atoms with Gasteiger partial charge in [0.05, 0.1) is 10.8 Å². The molecule has 0 amide bonds. The normalized spacial score (nSPS) is 10.6. The fourth-order valence-corrected chi connectivity index (χ4v) is 3.37. The molecule has 2 rings (SSSR count). The fourth-order valence-electron chi connectivity index (χ4n) is 1.55. The number of hydrogen-bond donors (Lipinski definition) is 1. The Kier molecular flexibility index (Phi) is 4.54. The zero-order valence-corrected chi connectivity index (χ0v) is 12.4. The van der Waals surface area contributed by atoms with Crippen molar-refractivity contribution < 1.29 is 0 Å². The molecule has 0 saturated heterocycles. The number of nitrogens with zero attached hydrogens (tertiary/aromatic N) is 3. The van der Waals surface area contributed by atoms with E-state index in [0.717, 1.165) is 33.2 Å². The fraction of sp³-hybridized carbons (Fsp3) is 0.417. The minimum absolute atomic E-state index is 0.818. The second kappa shape index (κ2) is 6.15. The first-order chi connectivity index (χ1) is 8.67. The third-order valence-corrected chi connectivity index (χ3v) is 4.20. The van der Waals surface area contributed by atoms with Crippen LogP contribution in [0, 0.1) is 13.8 Å². The highest BCUT2D eigenvalue weighted by Gasteiger charge is 2.05. The van der Waals surface area contributed by atoms with E-state index >= 15 is 0 Å². The average molecular weight is 280 g/mol. The molecule has 4 nitrogen and oxygen atoms in total. The summed E-state index contributed by atoms with van der Waals surface area (Å²) in [4.78, 5) is 4.50. The van der Waals surface area contributed by atoms with Gasteiger partial charge in [-0.25, -0.2) is 4.98 Å². The Hall–Kier alpha value is -1.14. The Morgan fingerprint density at radius 1 is 1.28 bits per heavy atom. The molecule has 0 aliphatic rings. The van der Waals surface area contributed by atoms with Crippen molar-refractivity contribution in [3.63, 3.8) is 0 Å².